The zero-order valence-electron chi connectivity index (χ0n) is 46.7. The van der Waals surface area contributed by atoms with Crippen LogP contribution >= 0.6 is 0 Å². The molecule has 0 fully saturated rings. The molecule has 6 nitrogen and oxygen atoms in total. The molecule has 0 saturated carbocycles. The van der Waals surface area contributed by atoms with Crippen LogP contribution in [0.1, 0.15) is 290 Å². The van der Waals surface area contributed by atoms with E-state index in [0.29, 0.717) is 19.3 Å². The first-order chi connectivity index (χ1) is 35.0. The fourth-order valence-electron chi connectivity index (χ4n) is 8.27. The summed E-state index contributed by atoms with van der Waals surface area (Å²) < 4.78 is 16.9. The molecule has 0 heterocycles. The maximum Gasteiger partial charge on any atom is 0.306 e. The van der Waals surface area contributed by atoms with Gasteiger partial charge in [-0.25, -0.2) is 0 Å². The molecular formula is C65H112O6. The smallest absolute Gasteiger partial charge is 0.306 e. The van der Waals surface area contributed by atoms with Gasteiger partial charge in [-0.3, -0.25) is 14.4 Å². The van der Waals surface area contributed by atoms with Crippen LogP contribution in [0.3, 0.4) is 0 Å². The van der Waals surface area contributed by atoms with Crippen LogP contribution < -0.4 is 0 Å². The molecule has 0 spiro atoms. The van der Waals surface area contributed by atoms with Gasteiger partial charge in [0.1, 0.15) is 13.2 Å². The third-order valence-corrected chi connectivity index (χ3v) is 12.8. The molecule has 6 heteroatoms. The fourth-order valence-corrected chi connectivity index (χ4v) is 8.27. The minimum absolute atomic E-state index is 0.0902. The van der Waals surface area contributed by atoms with Gasteiger partial charge in [-0.05, 0) is 122 Å². The lowest BCUT2D eigenvalue weighted by Crippen LogP contribution is -2.30. The third kappa shape index (κ3) is 57.4. The first-order valence-corrected chi connectivity index (χ1v) is 30.1. The van der Waals surface area contributed by atoms with Gasteiger partial charge < -0.3 is 14.2 Å². The standard InChI is InChI=1S/C65H112O6/c1-4-7-10-13-16-19-22-25-28-31-32-35-37-40-43-46-49-52-55-58-64(67)70-61-62(71-65(68)59-56-53-50-47-44-41-38-34-30-27-24-21-18-15-12-9-6-3)60-69-63(66)57-54-51-48-45-42-39-36-33-29-26-23-20-17-14-11-8-5-2/h16-21,25-30,38,41,62H,4-15,22-24,31-37,39-40,42-61H2,1-3H3/b19-16-,20-17-,21-18-,28-25-,29-26-,30-27-,41-38-/t62-/m0/s1. The van der Waals surface area contributed by atoms with Crippen LogP contribution in [0.5, 0.6) is 0 Å². The van der Waals surface area contributed by atoms with Gasteiger partial charge in [0.05, 0.1) is 0 Å². The zero-order valence-corrected chi connectivity index (χ0v) is 46.7. The number of allylic oxidation sites excluding steroid dienone is 14. The van der Waals surface area contributed by atoms with Gasteiger partial charge in [0, 0.05) is 19.3 Å². The van der Waals surface area contributed by atoms with E-state index in [1.807, 2.05) is 0 Å². The summed E-state index contributed by atoms with van der Waals surface area (Å²) >= 11 is 0. The maximum atomic E-state index is 12.9. The molecule has 0 aliphatic heterocycles. The molecule has 71 heavy (non-hydrogen) atoms. The average Bonchev–Trinajstić information content (AvgIpc) is 3.37. The predicted molar refractivity (Wildman–Crippen MR) is 307 cm³/mol. The summed E-state index contributed by atoms with van der Waals surface area (Å²) in [6.07, 6.45) is 77.1. The minimum atomic E-state index is -0.795. The number of carbonyl (C=O) groups excluding carboxylic acids is 3. The topological polar surface area (TPSA) is 78.9 Å². The lowest BCUT2D eigenvalue weighted by Gasteiger charge is -2.18. The molecule has 1 atom stereocenters. The summed E-state index contributed by atoms with van der Waals surface area (Å²) in [6.45, 7) is 6.55. The molecule has 0 aromatic heterocycles. The molecule has 0 unspecified atom stereocenters. The second kappa shape index (κ2) is 59.2. The van der Waals surface area contributed by atoms with E-state index < -0.39 is 6.10 Å². The Morgan fingerprint density at radius 3 is 0.789 bits per heavy atom. The van der Waals surface area contributed by atoms with Crippen molar-refractivity contribution >= 4 is 17.9 Å². The lowest BCUT2D eigenvalue weighted by molar-refractivity contribution is -0.167. The van der Waals surface area contributed by atoms with E-state index in [4.69, 9.17) is 14.2 Å². The quantitative estimate of drug-likeness (QED) is 0.0261. The molecule has 0 rings (SSSR count). The second-order valence-corrected chi connectivity index (χ2v) is 19.9. The van der Waals surface area contributed by atoms with Crippen molar-refractivity contribution in [1.82, 2.24) is 0 Å². The number of unbranched alkanes of at least 4 members (excludes halogenated alkanes) is 29. The molecule has 0 aromatic rings. The van der Waals surface area contributed by atoms with Crippen molar-refractivity contribution in [3.05, 3.63) is 85.1 Å². The maximum absolute atomic E-state index is 12.9. The van der Waals surface area contributed by atoms with Gasteiger partial charge in [0.2, 0.25) is 0 Å². The Morgan fingerprint density at radius 1 is 0.282 bits per heavy atom. The number of carbonyl (C=O) groups is 3. The fraction of sp³-hybridized carbons (Fsp3) is 0.738. The number of ether oxygens (including phenoxy) is 3. The summed E-state index contributed by atoms with van der Waals surface area (Å²) in [4.78, 5) is 38.2. The molecule has 0 aliphatic rings. The monoisotopic (exact) mass is 989 g/mol. The Morgan fingerprint density at radius 2 is 0.507 bits per heavy atom. The highest BCUT2D eigenvalue weighted by atomic mass is 16.6. The number of esters is 3. The van der Waals surface area contributed by atoms with Crippen molar-refractivity contribution in [3.8, 4) is 0 Å². The normalized spacial score (nSPS) is 12.7. The van der Waals surface area contributed by atoms with Gasteiger partial charge in [0.25, 0.3) is 0 Å². The highest BCUT2D eigenvalue weighted by Crippen LogP contribution is 2.15. The summed E-state index contributed by atoms with van der Waals surface area (Å²) in [5.74, 6) is -0.916. The number of rotatable bonds is 54. The van der Waals surface area contributed by atoms with Gasteiger partial charge in [-0.1, -0.05) is 234 Å². The van der Waals surface area contributed by atoms with Crippen LogP contribution in [0.4, 0.5) is 0 Å². The van der Waals surface area contributed by atoms with Crippen molar-refractivity contribution in [2.75, 3.05) is 13.2 Å². The predicted octanol–water partition coefficient (Wildman–Crippen LogP) is 20.3. The third-order valence-electron chi connectivity index (χ3n) is 12.8. The van der Waals surface area contributed by atoms with Crippen LogP contribution in [0.25, 0.3) is 0 Å². The van der Waals surface area contributed by atoms with Crippen LogP contribution in [0.2, 0.25) is 0 Å². The Bertz CT molecular complexity index is 1370. The van der Waals surface area contributed by atoms with E-state index in [-0.39, 0.29) is 31.1 Å². The molecule has 0 N–H and O–H groups in total. The average molecular weight is 990 g/mol. The van der Waals surface area contributed by atoms with Crippen molar-refractivity contribution in [2.24, 2.45) is 0 Å². The summed E-state index contributed by atoms with van der Waals surface area (Å²) in [6, 6.07) is 0. The Labute approximate surface area is 439 Å². The van der Waals surface area contributed by atoms with Gasteiger partial charge in [-0.2, -0.15) is 0 Å². The Balaban J connectivity index is 4.43. The van der Waals surface area contributed by atoms with Crippen LogP contribution in [0.15, 0.2) is 85.1 Å². The SMILES string of the molecule is CCCCC/C=C\C/C=C\C/C=C\CCCCCCC(=O)O[C@@H](COC(=O)CCCCCCCCC/C=C\C/C=C\CCCCC)COC(=O)CCCCCCCCCCC/C=C\C/C=C\CCCCC. The summed E-state index contributed by atoms with van der Waals surface area (Å²) in [5, 5.41) is 0. The van der Waals surface area contributed by atoms with E-state index >= 15 is 0 Å². The van der Waals surface area contributed by atoms with Crippen LogP contribution in [-0.2, 0) is 28.6 Å². The molecule has 0 bridgehead atoms. The van der Waals surface area contributed by atoms with Crippen molar-refractivity contribution < 1.29 is 28.6 Å². The van der Waals surface area contributed by atoms with Crippen LogP contribution in [0, 0.1) is 0 Å². The van der Waals surface area contributed by atoms with E-state index in [9.17, 15) is 14.4 Å². The number of hydrogen-bond acceptors (Lipinski definition) is 6. The first kappa shape index (κ1) is 67.6. The van der Waals surface area contributed by atoms with Crippen molar-refractivity contribution in [2.45, 2.75) is 297 Å². The van der Waals surface area contributed by atoms with E-state index in [1.54, 1.807) is 0 Å². The van der Waals surface area contributed by atoms with Crippen molar-refractivity contribution in [1.29, 1.82) is 0 Å². The largest absolute Gasteiger partial charge is 0.462 e. The molecule has 0 amide bonds. The van der Waals surface area contributed by atoms with Crippen molar-refractivity contribution in [3.63, 3.8) is 0 Å². The summed E-state index contributed by atoms with van der Waals surface area (Å²) in [7, 11) is 0. The van der Waals surface area contributed by atoms with Gasteiger partial charge in [-0.15, -0.1) is 0 Å². The lowest BCUT2D eigenvalue weighted by atomic mass is 10.1. The first-order valence-electron chi connectivity index (χ1n) is 30.1. The molecule has 0 saturated heterocycles. The van der Waals surface area contributed by atoms with Gasteiger partial charge in [0.15, 0.2) is 6.10 Å². The molecule has 0 radical (unpaired) electrons. The molecule has 0 aromatic carbocycles. The minimum Gasteiger partial charge on any atom is -0.462 e. The Kier molecular flexibility index (Phi) is 56.3. The van der Waals surface area contributed by atoms with E-state index in [0.717, 1.165) is 103 Å². The zero-order chi connectivity index (χ0) is 51.4. The van der Waals surface area contributed by atoms with E-state index in [2.05, 4.69) is 106 Å². The molecule has 408 valence electrons. The summed E-state index contributed by atoms with van der Waals surface area (Å²) in [5.41, 5.74) is 0. The molecule has 0 aliphatic carbocycles. The highest BCUT2D eigenvalue weighted by Gasteiger charge is 2.19. The van der Waals surface area contributed by atoms with Crippen LogP contribution in [-0.4, -0.2) is 37.2 Å². The number of hydrogen-bond donors (Lipinski definition) is 0. The highest BCUT2D eigenvalue weighted by molar-refractivity contribution is 5.71. The van der Waals surface area contributed by atoms with E-state index in [1.165, 1.54) is 148 Å². The van der Waals surface area contributed by atoms with Gasteiger partial charge >= 0.3 is 17.9 Å². The molecular weight excluding hydrogens is 877 g/mol. The second-order valence-electron chi connectivity index (χ2n) is 19.9. The Hall–Kier alpha value is -3.41.